The smallest absolute Gasteiger partial charge is 0.308 e. The monoisotopic (exact) mass is 342 g/mol. The minimum Gasteiger partial charge on any atom is -0.491 e. The number of rotatable bonds is 5. The van der Waals surface area contributed by atoms with E-state index in [9.17, 15) is 14.7 Å². The van der Waals surface area contributed by atoms with Gasteiger partial charge in [-0.15, -0.1) is 0 Å². The van der Waals surface area contributed by atoms with Crippen molar-refractivity contribution in [2.24, 2.45) is 5.92 Å². The Labute approximate surface area is 146 Å². The van der Waals surface area contributed by atoms with Gasteiger partial charge in [-0.2, -0.15) is 0 Å². The number of pyridine rings is 1. The lowest BCUT2D eigenvalue weighted by Gasteiger charge is -2.18. The van der Waals surface area contributed by atoms with E-state index >= 15 is 0 Å². The fourth-order valence-electron chi connectivity index (χ4n) is 3.57. The van der Waals surface area contributed by atoms with E-state index in [1.54, 1.807) is 6.20 Å². The molecule has 1 aromatic heterocycles. The summed E-state index contributed by atoms with van der Waals surface area (Å²) in [5.74, 6) is -1.01. The van der Waals surface area contributed by atoms with Crippen LogP contribution >= 0.6 is 0 Å². The average Bonchev–Trinajstić information content (AvgIpc) is 2.99. The van der Waals surface area contributed by atoms with Gasteiger partial charge in [0.05, 0.1) is 13.0 Å². The molecule has 2 unspecified atom stereocenters. The molecule has 1 aromatic carbocycles. The number of ether oxygens (including phenoxy) is 1. The molecule has 6 nitrogen and oxygen atoms in total. The summed E-state index contributed by atoms with van der Waals surface area (Å²) < 4.78 is 4.97. The summed E-state index contributed by atoms with van der Waals surface area (Å²) in [6.45, 7) is 3.63. The van der Waals surface area contributed by atoms with Gasteiger partial charge in [-0.05, 0) is 18.1 Å². The molecule has 2 aromatic rings. The second kappa shape index (κ2) is 7.11. The van der Waals surface area contributed by atoms with E-state index in [4.69, 9.17) is 4.74 Å². The second-order valence-corrected chi connectivity index (χ2v) is 6.49. The van der Waals surface area contributed by atoms with Gasteiger partial charge < -0.3 is 14.8 Å². The van der Waals surface area contributed by atoms with E-state index in [1.165, 1.54) is 13.2 Å². The van der Waals surface area contributed by atoms with Crippen molar-refractivity contribution in [1.29, 1.82) is 0 Å². The van der Waals surface area contributed by atoms with Gasteiger partial charge in [-0.1, -0.05) is 24.3 Å². The average molecular weight is 342 g/mol. The molecule has 0 amide bonds. The van der Waals surface area contributed by atoms with Crippen LogP contribution in [0.25, 0.3) is 0 Å². The highest BCUT2D eigenvalue weighted by Crippen LogP contribution is 2.35. The van der Waals surface area contributed by atoms with Crippen molar-refractivity contribution in [2.75, 3.05) is 20.2 Å². The molecule has 0 saturated carbocycles. The molecule has 132 valence electrons. The lowest BCUT2D eigenvalue weighted by molar-refractivity contribution is -0.141. The van der Waals surface area contributed by atoms with Crippen LogP contribution in [-0.2, 0) is 11.3 Å². The minimum atomic E-state index is -0.779. The van der Waals surface area contributed by atoms with Crippen LogP contribution < -0.4 is 10.2 Å². The molecular weight excluding hydrogens is 320 g/mol. The quantitative estimate of drug-likeness (QED) is 0.868. The first-order valence-corrected chi connectivity index (χ1v) is 8.26. The van der Waals surface area contributed by atoms with Crippen LogP contribution in [0.5, 0.6) is 5.75 Å². The SMILES string of the molecule is COc1c[nH]c(CN2CC(C(=O)O)C(c3ccccc3C)C2)cc1=O. The molecule has 1 aliphatic rings. The van der Waals surface area contributed by atoms with Crippen molar-refractivity contribution in [1.82, 2.24) is 9.88 Å². The van der Waals surface area contributed by atoms with E-state index in [-0.39, 0.29) is 17.1 Å². The Morgan fingerprint density at radius 3 is 2.76 bits per heavy atom. The molecule has 0 aliphatic carbocycles. The highest BCUT2D eigenvalue weighted by Gasteiger charge is 2.39. The molecule has 1 fully saturated rings. The molecule has 6 heteroatoms. The van der Waals surface area contributed by atoms with Crippen LogP contribution in [0.15, 0.2) is 41.3 Å². The van der Waals surface area contributed by atoms with E-state index < -0.39 is 11.9 Å². The summed E-state index contributed by atoms with van der Waals surface area (Å²) >= 11 is 0. The topological polar surface area (TPSA) is 82.6 Å². The first-order valence-electron chi connectivity index (χ1n) is 8.26. The number of carbonyl (C=O) groups is 1. The summed E-state index contributed by atoms with van der Waals surface area (Å²) in [6.07, 6.45) is 1.54. The number of nitrogens with one attached hydrogen (secondary N) is 1. The Bertz CT molecular complexity index is 830. The molecule has 25 heavy (non-hydrogen) atoms. The number of hydrogen-bond acceptors (Lipinski definition) is 4. The maximum atomic E-state index is 11.9. The van der Waals surface area contributed by atoms with Gasteiger partial charge in [0.2, 0.25) is 5.43 Å². The summed E-state index contributed by atoms with van der Waals surface area (Å²) in [4.78, 5) is 28.8. The number of aromatic nitrogens is 1. The molecule has 2 N–H and O–H groups in total. The summed E-state index contributed by atoms with van der Waals surface area (Å²) in [5, 5.41) is 9.63. The molecule has 2 atom stereocenters. The number of benzene rings is 1. The second-order valence-electron chi connectivity index (χ2n) is 6.49. The maximum Gasteiger partial charge on any atom is 0.308 e. The van der Waals surface area contributed by atoms with E-state index in [0.717, 1.165) is 16.8 Å². The van der Waals surface area contributed by atoms with E-state index in [1.807, 2.05) is 31.2 Å². The van der Waals surface area contributed by atoms with Gasteiger partial charge in [0.25, 0.3) is 0 Å². The molecule has 3 rings (SSSR count). The Kier molecular flexibility index (Phi) is 4.90. The van der Waals surface area contributed by atoms with E-state index in [0.29, 0.717) is 19.6 Å². The van der Waals surface area contributed by atoms with Crippen LogP contribution in [0.1, 0.15) is 22.7 Å². The van der Waals surface area contributed by atoms with Crippen LogP contribution in [0, 0.1) is 12.8 Å². The molecule has 1 saturated heterocycles. The number of likely N-dealkylation sites (tertiary alicyclic amines) is 1. The number of H-pyrrole nitrogens is 1. The number of aliphatic carboxylic acids is 1. The van der Waals surface area contributed by atoms with Crippen molar-refractivity contribution < 1.29 is 14.6 Å². The molecular formula is C19H22N2O4. The lowest BCUT2D eigenvalue weighted by Crippen LogP contribution is -2.24. The highest BCUT2D eigenvalue weighted by atomic mass is 16.5. The van der Waals surface area contributed by atoms with Crippen LogP contribution in [0.3, 0.4) is 0 Å². The number of aromatic amines is 1. The highest BCUT2D eigenvalue weighted by molar-refractivity contribution is 5.72. The first kappa shape index (κ1) is 17.2. The number of carboxylic acid groups (broad SMARTS) is 1. The zero-order valence-corrected chi connectivity index (χ0v) is 14.4. The van der Waals surface area contributed by atoms with Gasteiger partial charge in [0.1, 0.15) is 0 Å². The summed E-state index contributed by atoms with van der Waals surface area (Å²) in [7, 11) is 1.45. The van der Waals surface area contributed by atoms with Gasteiger partial charge in [-0.25, -0.2) is 0 Å². The summed E-state index contributed by atoms with van der Waals surface area (Å²) in [5.41, 5.74) is 2.76. The minimum absolute atomic E-state index is 0.0522. The van der Waals surface area contributed by atoms with Gasteiger partial charge in [0.15, 0.2) is 5.75 Å². The number of aryl methyl sites for hydroxylation is 1. The first-order chi connectivity index (χ1) is 12.0. The Balaban J connectivity index is 1.81. The molecule has 2 heterocycles. The predicted molar refractivity (Wildman–Crippen MR) is 93.9 cm³/mol. The van der Waals surface area contributed by atoms with Crippen molar-refractivity contribution in [3.63, 3.8) is 0 Å². The third-order valence-electron chi connectivity index (χ3n) is 4.85. The van der Waals surface area contributed by atoms with Crippen LogP contribution in [0.4, 0.5) is 0 Å². The Morgan fingerprint density at radius 1 is 1.36 bits per heavy atom. The third-order valence-corrected chi connectivity index (χ3v) is 4.85. The van der Waals surface area contributed by atoms with E-state index in [2.05, 4.69) is 9.88 Å². The lowest BCUT2D eigenvalue weighted by atomic mass is 9.86. The standard InChI is InChI=1S/C19H22N2O4/c1-12-5-3-4-6-14(12)15-10-21(11-16(15)19(23)24)9-13-7-17(22)18(25-2)8-20-13/h3-8,15-16H,9-11H2,1-2H3,(H,20,22)(H,23,24). The van der Waals surface area contributed by atoms with Crippen molar-refractivity contribution in [2.45, 2.75) is 19.4 Å². The van der Waals surface area contributed by atoms with Crippen molar-refractivity contribution >= 4 is 5.97 Å². The fraction of sp³-hybridized carbons (Fsp3) is 0.368. The number of carboxylic acids is 1. The zero-order valence-electron chi connectivity index (χ0n) is 14.4. The largest absolute Gasteiger partial charge is 0.491 e. The van der Waals surface area contributed by atoms with Crippen LogP contribution in [-0.4, -0.2) is 41.2 Å². The predicted octanol–water partition coefficient (Wildman–Crippen LogP) is 1.99. The summed E-state index contributed by atoms with van der Waals surface area (Å²) in [6, 6.07) is 9.44. The maximum absolute atomic E-state index is 11.9. The number of hydrogen-bond donors (Lipinski definition) is 2. The third kappa shape index (κ3) is 3.58. The van der Waals surface area contributed by atoms with Crippen LogP contribution in [0.2, 0.25) is 0 Å². The number of nitrogens with zero attached hydrogens (tertiary/aromatic N) is 1. The zero-order chi connectivity index (χ0) is 18.0. The van der Waals surface area contributed by atoms with Gasteiger partial charge >= 0.3 is 5.97 Å². The number of methoxy groups -OCH3 is 1. The molecule has 0 radical (unpaired) electrons. The molecule has 0 bridgehead atoms. The van der Waals surface area contributed by atoms with Gasteiger partial charge in [-0.3, -0.25) is 14.5 Å². The van der Waals surface area contributed by atoms with Crippen molar-refractivity contribution in [3.05, 3.63) is 63.6 Å². The normalized spacial score (nSPS) is 20.6. The molecule has 1 aliphatic heterocycles. The van der Waals surface area contributed by atoms with Gasteiger partial charge in [0, 0.05) is 43.5 Å². The Hall–Kier alpha value is -2.60. The van der Waals surface area contributed by atoms with Crippen molar-refractivity contribution in [3.8, 4) is 5.75 Å². The molecule has 0 spiro atoms. The fourth-order valence-corrected chi connectivity index (χ4v) is 3.57. The Morgan fingerprint density at radius 2 is 2.12 bits per heavy atom.